The van der Waals surface area contributed by atoms with Crippen molar-refractivity contribution in [3.05, 3.63) is 33.4 Å². The van der Waals surface area contributed by atoms with Crippen molar-refractivity contribution in [1.29, 1.82) is 0 Å². The van der Waals surface area contributed by atoms with E-state index in [-0.39, 0.29) is 37.1 Å². The van der Waals surface area contributed by atoms with Gasteiger partial charge in [-0.25, -0.2) is 14.4 Å². The maximum atomic E-state index is 12.8. The summed E-state index contributed by atoms with van der Waals surface area (Å²) in [6, 6.07) is 2.71. The number of hydrogen-bond donors (Lipinski definition) is 7. The van der Waals surface area contributed by atoms with Gasteiger partial charge in [-0.2, -0.15) is 0 Å². The number of carboxylic acid groups (broad SMARTS) is 3. The average Bonchev–Trinajstić information content (AvgIpc) is 3.24. The molecule has 1 saturated heterocycles. The first-order chi connectivity index (χ1) is 21.3. The molecule has 3 atom stereocenters. The number of imide groups is 1. The van der Waals surface area contributed by atoms with Crippen molar-refractivity contribution in [2.75, 3.05) is 25.4 Å². The molecule has 0 saturated carbocycles. The van der Waals surface area contributed by atoms with E-state index in [2.05, 4.69) is 38.5 Å². The molecule has 246 valence electrons. The number of carboxylic acids is 3. The van der Waals surface area contributed by atoms with Gasteiger partial charge >= 0.3 is 23.9 Å². The maximum Gasteiger partial charge on any atom is 0.327 e. The summed E-state index contributed by atoms with van der Waals surface area (Å²) in [6.07, 6.45) is 0.535. The highest BCUT2D eigenvalue weighted by molar-refractivity contribution is 14.1. The molecule has 1 heterocycles. The van der Waals surface area contributed by atoms with Gasteiger partial charge in [0.05, 0.1) is 11.8 Å². The third-order valence-electron chi connectivity index (χ3n) is 6.40. The van der Waals surface area contributed by atoms with Crippen LogP contribution in [0.25, 0.3) is 0 Å². The molecule has 0 aromatic heterocycles. The van der Waals surface area contributed by atoms with Crippen LogP contribution in [0.2, 0.25) is 0 Å². The van der Waals surface area contributed by atoms with E-state index in [0.717, 1.165) is 20.2 Å². The zero-order valence-electron chi connectivity index (χ0n) is 24.0. The van der Waals surface area contributed by atoms with Gasteiger partial charge in [0.2, 0.25) is 17.7 Å². The minimum atomic E-state index is -1.56. The Morgan fingerprint density at radius 2 is 1.64 bits per heavy atom. The van der Waals surface area contributed by atoms with Crippen LogP contribution in [0.15, 0.2) is 24.3 Å². The van der Waals surface area contributed by atoms with Gasteiger partial charge < -0.3 is 36.6 Å². The van der Waals surface area contributed by atoms with E-state index >= 15 is 0 Å². The molecule has 1 aromatic rings. The molecule has 1 aliphatic rings. The number of unbranched alkanes of at least 4 members (excludes halogenated alkanes) is 2. The van der Waals surface area contributed by atoms with Crippen molar-refractivity contribution in [2.24, 2.45) is 0 Å². The zero-order chi connectivity index (χ0) is 33.5. The highest BCUT2D eigenvalue weighted by Gasteiger charge is 2.39. The SMILES string of the molecule is O=C(O)CC[C@H](NC(=O)N[C@@H](CSC1CC(=O)N(CCCCCNC(=O)CNC(=O)c2cccc(I)c2)C1=O)C(=O)O)C(=O)O. The molecule has 18 heteroatoms. The average molecular weight is 764 g/mol. The van der Waals surface area contributed by atoms with Crippen molar-refractivity contribution >= 4 is 81.9 Å². The Morgan fingerprint density at radius 1 is 0.956 bits per heavy atom. The van der Waals surface area contributed by atoms with Crippen LogP contribution in [0.5, 0.6) is 0 Å². The number of nitrogens with one attached hydrogen (secondary N) is 4. The standard InChI is InChI=1S/C27H34IN5O11S/c28-16-6-4-5-15(11-16)23(38)30-13-20(34)29-9-2-1-3-10-33-21(35)12-19(24(33)39)45-14-18(26(42)43)32-27(44)31-17(25(40)41)7-8-22(36)37/h4-6,11,17-19H,1-3,7-10,12-14H2,(H,29,34)(H,30,38)(H,36,37)(H,40,41)(H,42,43)(H2,31,32,44)/t17-,18-,19?/m0/s1. The summed E-state index contributed by atoms with van der Waals surface area (Å²) in [6.45, 7) is 0.297. The molecule has 0 bridgehead atoms. The number of hydrogen-bond acceptors (Lipinski definition) is 9. The zero-order valence-corrected chi connectivity index (χ0v) is 26.9. The second-order valence-corrected chi connectivity index (χ2v) is 12.3. The summed E-state index contributed by atoms with van der Waals surface area (Å²) >= 11 is 2.95. The van der Waals surface area contributed by atoms with Gasteiger partial charge in [0.25, 0.3) is 5.91 Å². The molecule has 1 aliphatic heterocycles. The molecular weight excluding hydrogens is 729 g/mol. The van der Waals surface area contributed by atoms with E-state index in [1.165, 1.54) is 0 Å². The molecule has 1 fully saturated rings. The highest BCUT2D eigenvalue weighted by Crippen LogP contribution is 2.26. The smallest absolute Gasteiger partial charge is 0.327 e. The van der Waals surface area contributed by atoms with Gasteiger partial charge in [0.15, 0.2) is 0 Å². The fourth-order valence-corrected chi connectivity index (χ4v) is 5.77. The topological polar surface area (TPSA) is 249 Å². The number of rotatable bonds is 19. The van der Waals surface area contributed by atoms with Gasteiger partial charge in [0.1, 0.15) is 12.1 Å². The van der Waals surface area contributed by atoms with Crippen molar-refractivity contribution in [3.63, 3.8) is 0 Å². The van der Waals surface area contributed by atoms with Crippen LogP contribution < -0.4 is 21.3 Å². The number of aliphatic carboxylic acids is 3. The van der Waals surface area contributed by atoms with Crippen LogP contribution >= 0.6 is 34.4 Å². The number of carbonyl (C=O) groups is 8. The van der Waals surface area contributed by atoms with E-state index < -0.39 is 65.9 Å². The number of benzene rings is 1. The number of likely N-dealkylation sites (tertiary alicyclic amines) is 1. The molecule has 1 unspecified atom stereocenters. The summed E-state index contributed by atoms with van der Waals surface area (Å²) in [4.78, 5) is 96.1. The monoisotopic (exact) mass is 763 g/mol. The molecule has 6 amide bonds. The Kier molecular flexibility index (Phi) is 15.5. The Labute approximate surface area is 275 Å². The number of thioether (sulfide) groups is 1. The number of carbonyl (C=O) groups excluding carboxylic acids is 5. The lowest BCUT2D eigenvalue weighted by atomic mass is 10.1. The Hall–Kier alpha value is -3.94. The Balaban J connectivity index is 1.69. The predicted octanol–water partition coefficient (Wildman–Crippen LogP) is 0.239. The lowest BCUT2D eigenvalue weighted by Crippen LogP contribution is -2.52. The third kappa shape index (κ3) is 13.3. The van der Waals surface area contributed by atoms with Crippen LogP contribution in [-0.4, -0.2) is 111 Å². The number of nitrogens with zero attached hydrogens (tertiary/aromatic N) is 1. The second-order valence-electron chi connectivity index (χ2n) is 9.85. The minimum absolute atomic E-state index is 0.143. The highest BCUT2D eigenvalue weighted by atomic mass is 127. The molecule has 0 aliphatic carbocycles. The molecule has 16 nitrogen and oxygen atoms in total. The number of halogens is 1. The lowest BCUT2D eigenvalue weighted by Gasteiger charge is -2.19. The second kappa shape index (κ2) is 18.8. The van der Waals surface area contributed by atoms with Gasteiger partial charge in [-0.1, -0.05) is 6.07 Å². The maximum absolute atomic E-state index is 12.8. The van der Waals surface area contributed by atoms with Crippen molar-refractivity contribution < 1.29 is 53.7 Å². The van der Waals surface area contributed by atoms with Crippen molar-refractivity contribution in [1.82, 2.24) is 26.2 Å². The van der Waals surface area contributed by atoms with Gasteiger partial charge in [0, 0.05) is 40.8 Å². The molecular formula is C27H34IN5O11S. The summed E-state index contributed by atoms with van der Waals surface area (Å²) in [5.74, 6) is -6.14. The largest absolute Gasteiger partial charge is 0.481 e. The van der Waals surface area contributed by atoms with Crippen LogP contribution in [0, 0.1) is 3.57 Å². The molecule has 45 heavy (non-hydrogen) atoms. The number of urea groups is 1. The molecule has 2 rings (SSSR count). The summed E-state index contributed by atoms with van der Waals surface area (Å²) in [5.41, 5.74) is 0.449. The molecule has 7 N–H and O–H groups in total. The Morgan fingerprint density at radius 3 is 2.29 bits per heavy atom. The van der Waals surface area contributed by atoms with Crippen molar-refractivity contribution in [3.8, 4) is 0 Å². The van der Waals surface area contributed by atoms with Gasteiger partial charge in [-0.15, -0.1) is 11.8 Å². The first-order valence-electron chi connectivity index (χ1n) is 13.8. The first-order valence-corrected chi connectivity index (χ1v) is 15.9. The predicted molar refractivity (Wildman–Crippen MR) is 167 cm³/mol. The quantitative estimate of drug-likeness (QED) is 0.0569. The van der Waals surface area contributed by atoms with Crippen molar-refractivity contribution in [2.45, 2.75) is 55.9 Å². The summed E-state index contributed by atoms with van der Waals surface area (Å²) in [5, 5.41) is 35.8. The van der Waals surface area contributed by atoms with Gasteiger partial charge in [-0.05, 0) is 66.5 Å². The van der Waals surface area contributed by atoms with E-state index in [1.54, 1.807) is 18.2 Å². The lowest BCUT2D eigenvalue weighted by molar-refractivity contribution is -0.141. The minimum Gasteiger partial charge on any atom is -0.481 e. The van der Waals surface area contributed by atoms with E-state index in [9.17, 15) is 43.5 Å². The fourth-order valence-electron chi connectivity index (χ4n) is 4.04. The van der Waals surface area contributed by atoms with Crippen LogP contribution in [0.1, 0.15) is 48.9 Å². The van der Waals surface area contributed by atoms with E-state index in [1.807, 2.05) is 11.4 Å². The fraction of sp³-hybridized carbons (Fsp3) is 0.481. The van der Waals surface area contributed by atoms with Gasteiger partial charge in [-0.3, -0.25) is 28.9 Å². The number of amides is 6. The van der Waals surface area contributed by atoms with Crippen LogP contribution in [0.4, 0.5) is 4.79 Å². The first kappa shape index (κ1) is 37.2. The van der Waals surface area contributed by atoms with Crippen LogP contribution in [-0.2, 0) is 28.8 Å². The van der Waals surface area contributed by atoms with E-state index in [0.29, 0.717) is 31.4 Å². The normalized spacial score (nSPS) is 15.6. The molecule has 1 aromatic carbocycles. The van der Waals surface area contributed by atoms with E-state index in [4.69, 9.17) is 10.2 Å². The molecule has 0 spiro atoms. The molecule has 0 radical (unpaired) electrons. The Bertz CT molecular complexity index is 1300. The summed E-state index contributed by atoms with van der Waals surface area (Å²) in [7, 11) is 0. The third-order valence-corrected chi connectivity index (χ3v) is 8.36. The van der Waals surface area contributed by atoms with Crippen LogP contribution in [0.3, 0.4) is 0 Å². The summed E-state index contributed by atoms with van der Waals surface area (Å²) < 4.78 is 0.893.